The second-order valence-electron chi connectivity index (χ2n) is 14.8. The summed E-state index contributed by atoms with van der Waals surface area (Å²) in [7, 11) is 0. The summed E-state index contributed by atoms with van der Waals surface area (Å²) in [5.41, 5.74) is -1.45. The van der Waals surface area contributed by atoms with Crippen LogP contribution in [0.3, 0.4) is 0 Å². The van der Waals surface area contributed by atoms with E-state index in [2.05, 4.69) is 60.3 Å². The highest BCUT2D eigenvalue weighted by Gasteiger charge is 2.48. The summed E-state index contributed by atoms with van der Waals surface area (Å²) in [6.07, 6.45) is 6.39. The summed E-state index contributed by atoms with van der Waals surface area (Å²) in [6, 6.07) is -0.134. The van der Waals surface area contributed by atoms with E-state index >= 15 is 0 Å². The predicted molar refractivity (Wildman–Crippen MR) is 145 cm³/mol. The van der Waals surface area contributed by atoms with E-state index in [4.69, 9.17) is 0 Å². The fraction of sp³-hybridized carbons (Fsp3) is 0.933. The van der Waals surface area contributed by atoms with E-state index in [-0.39, 0.29) is 41.3 Å². The van der Waals surface area contributed by atoms with E-state index in [0.717, 1.165) is 25.9 Å². The predicted octanol–water partition coefficient (Wildman–Crippen LogP) is 6.14. The Balaban J connectivity index is 2.20. The van der Waals surface area contributed by atoms with Crippen molar-refractivity contribution in [2.75, 3.05) is 19.7 Å². The summed E-state index contributed by atoms with van der Waals surface area (Å²) in [5, 5.41) is 10.1. The van der Waals surface area contributed by atoms with Gasteiger partial charge < -0.3 is 14.9 Å². The summed E-state index contributed by atoms with van der Waals surface area (Å²) < 4.78 is 0. The van der Waals surface area contributed by atoms with Crippen LogP contribution >= 0.6 is 0 Å². The van der Waals surface area contributed by atoms with Crippen LogP contribution in [0.2, 0.25) is 0 Å². The molecule has 204 valence electrons. The lowest BCUT2D eigenvalue weighted by atomic mass is 9.67. The van der Waals surface area contributed by atoms with Crippen LogP contribution < -0.4 is 0 Å². The van der Waals surface area contributed by atoms with Gasteiger partial charge in [0.2, 0.25) is 11.8 Å². The average molecular weight is 493 g/mol. The molecule has 5 heteroatoms. The van der Waals surface area contributed by atoms with Crippen molar-refractivity contribution in [3.63, 3.8) is 0 Å². The van der Waals surface area contributed by atoms with Crippen LogP contribution in [0.4, 0.5) is 0 Å². The Morgan fingerprint density at radius 2 is 1.29 bits per heavy atom. The van der Waals surface area contributed by atoms with E-state index in [1.165, 1.54) is 25.7 Å². The smallest absolute Gasteiger partial charge is 0.228 e. The number of carbonyl (C=O) groups excluding carboxylic acids is 2. The van der Waals surface area contributed by atoms with E-state index in [1.807, 2.05) is 25.7 Å². The van der Waals surface area contributed by atoms with Crippen LogP contribution in [0.25, 0.3) is 0 Å². The number of rotatable bonds is 13. The van der Waals surface area contributed by atoms with Crippen molar-refractivity contribution >= 4 is 11.8 Å². The molecule has 2 fully saturated rings. The first-order chi connectivity index (χ1) is 15.8. The molecule has 0 spiro atoms. The van der Waals surface area contributed by atoms with Crippen LogP contribution in [0, 0.1) is 34.0 Å². The van der Waals surface area contributed by atoms with Gasteiger partial charge in [-0.2, -0.15) is 0 Å². The number of carbonyl (C=O) groups is 2. The number of hydrogen-bond acceptors (Lipinski definition) is 3. The fourth-order valence-electron chi connectivity index (χ4n) is 4.94. The van der Waals surface area contributed by atoms with Gasteiger partial charge in [0, 0.05) is 29.5 Å². The Morgan fingerprint density at radius 3 is 1.69 bits per heavy atom. The Hall–Kier alpha value is -1.10. The quantitative estimate of drug-likeness (QED) is 0.336. The molecule has 0 aliphatic heterocycles. The minimum absolute atomic E-state index is 0.00969. The molecule has 0 bridgehead atoms. The first kappa shape index (κ1) is 30.1. The molecule has 0 radical (unpaired) electrons. The molecule has 2 aliphatic rings. The summed E-state index contributed by atoms with van der Waals surface area (Å²) in [4.78, 5) is 31.6. The molecule has 2 rings (SSSR count). The molecular weight excluding hydrogens is 436 g/mol. The number of aliphatic hydroxyl groups is 1. The number of nitrogens with zero attached hydrogens (tertiary/aromatic N) is 2. The van der Waals surface area contributed by atoms with E-state index < -0.39 is 10.8 Å². The standard InChI is InChI=1S/C30H56N2O3/c1-21(2)24(20-33)31(18-22-12-13-22)26(35)28(6,7)16-17-29(8,9)30(10,11)32(19-23-14-15-23)25(34)27(3,4)5/h21-24,33H,12-20H2,1-11H3/t24-/m0/s1. The van der Waals surface area contributed by atoms with Crippen LogP contribution in [-0.2, 0) is 9.59 Å². The Labute approximate surface area is 216 Å². The van der Waals surface area contributed by atoms with Crippen LogP contribution in [0.15, 0.2) is 0 Å². The Kier molecular flexibility index (Phi) is 9.22. The van der Waals surface area contributed by atoms with Crippen molar-refractivity contribution in [1.29, 1.82) is 0 Å². The monoisotopic (exact) mass is 492 g/mol. The SMILES string of the molecule is CC(C)[C@H](CO)N(CC1CC1)C(=O)C(C)(C)CCC(C)(C)C(C)(C)N(CC1CC1)C(=O)C(C)(C)C. The fourth-order valence-corrected chi connectivity index (χ4v) is 4.94. The minimum Gasteiger partial charge on any atom is -0.394 e. The zero-order valence-electron chi connectivity index (χ0n) is 24.8. The maximum absolute atomic E-state index is 13.9. The van der Waals surface area contributed by atoms with E-state index in [9.17, 15) is 14.7 Å². The van der Waals surface area contributed by atoms with Crippen molar-refractivity contribution in [2.24, 2.45) is 34.0 Å². The highest BCUT2D eigenvalue weighted by Crippen LogP contribution is 2.46. The van der Waals surface area contributed by atoms with Gasteiger partial charge in [0.15, 0.2) is 0 Å². The molecule has 1 atom stereocenters. The van der Waals surface area contributed by atoms with Gasteiger partial charge in [0.05, 0.1) is 12.6 Å². The third-order valence-electron chi connectivity index (χ3n) is 9.08. The van der Waals surface area contributed by atoms with Crippen molar-refractivity contribution in [3.8, 4) is 0 Å². The van der Waals surface area contributed by atoms with Crippen molar-refractivity contribution in [2.45, 2.75) is 126 Å². The normalized spacial score (nSPS) is 18.5. The number of amides is 2. The van der Waals surface area contributed by atoms with Gasteiger partial charge in [-0.25, -0.2) is 0 Å². The number of hydrogen-bond donors (Lipinski definition) is 1. The maximum Gasteiger partial charge on any atom is 0.228 e. The van der Waals surface area contributed by atoms with E-state index in [0.29, 0.717) is 11.8 Å². The highest BCUT2D eigenvalue weighted by molar-refractivity contribution is 5.83. The molecule has 0 aromatic rings. The second kappa shape index (κ2) is 10.7. The van der Waals surface area contributed by atoms with Gasteiger partial charge in [-0.15, -0.1) is 0 Å². The van der Waals surface area contributed by atoms with Crippen molar-refractivity contribution in [1.82, 2.24) is 9.80 Å². The molecule has 0 unspecified atom stereocenters. The summed E-state index contributed by atoms with van der Waals surface area (Å²) >= 11 is 0. The first-order valence-corrected chi connectivity index (χ1v) is 14.1. The topological polar surface area (TPSA) is 60.9 Å². The lowest BCUT2D eigenvalue weighted by Crippen LogP contribution is -2.59. The lowest BCUT2D eigenvalue weighted by Gasteiger charge is -2.52. The van der Waals surface area contributed by atoms with Gasteiger partial charge in [0.1, 0.15) is 0 Å². The molecule has 2 saturated carbocycles. The minimum atomic E-state index is -0.528. The third kappa shape index (κ3) is 7.46. The van der Waals surface area contributed by atoms with Crippen LogP contribution in [0.5, 0.6) is 0 Å². The zero-order valence-corrected chi connectivity index (χ0v) is 24.8. The first-order valence-electron chi connectivity index (χ1n) is 14.1. The molecule has 2 amide bonds. The van der Waals surface area contributed by atoms with Gasteiger partial charge in [0.25, 0.3) is 0 Å². The average Bonchev–Trinajstić information content (AvgIpc) is 3.64. The molecule has 0 saturated heterocycles. The summed E-state index contributed by atoms with van der Waals surface area (Å²) in [6.45, 7) is 24.9. The Bertz CT molecular complexity index is 739. The van der Waals surface area contributed by atoms with E-state index in [1.54, 1.807) is 0 Å². The van der Waals surface area contributed by atoms with Gasteiger partial charge in [-0.3, -0.25) is 9.59 Å². The van der Waals surface area contributed by atoms with Gasteiger partial charge in [-0.05, 0) is 75.5 Å². The number of aliphatic hydroxyl groups excluding tert-OH is 1. The van der Waals surface area contributed by atoms with Gasteiger partial charge >= 0.3 is 0 Å². The second-order valence-corrected chi connectivity index (χ2v) is 14.8. The largest absolute Gasteiger partial charge is 0.394 e. The van der Waals surface area contributed by atoms with Crippen LogP contribution in [-0.4, -0.2) is 58.0 Å². The summed E-state index contributed by atoms with van der Waals surface area (Å²) in [5.74, 6) is 1.80. The molecular formula is C30H56N2O3. The molecule has 0 heterocycles. The van der Waals surface area contributed by atoms with Gasteiger partial charge in [-0.1, -0.05) is 62.3 Å². The Morgan fingerprint density at radius 1 is 0.800 bits per heavy atom. The van der Waals surface area contributed by atoms with Crippen LogP contribution in [0.1, 0.15) is 115 Å². The molecule has 0 aromatic carbocycles. The third-order valence-corrected chi connectivity index (χ3v) is 9.08. The molecule has 35 heavy (non-hydrogen) atoms. The maximum atomic E-state index is 13.9. The molecule has 5 nitrogen and oxygen atoms in total. The highest BCUT2D eigenvalue weighted by atomic mass is 16.3. The molecule has 0 aromatic heterocycles. The molecule has 2 aliphatic carbocycles. The van der Waals surface area contributed by atoms with Crippen molar-refractivity contribution in [3.05, 3.63) is 0 Å². The lowest BCUT2D eigenvalue weighted by molar-refractivity contribution is -0.152. The zero-order chi connectivity index (χ0) is 27.0. The molecule has 1 N–H and O–H groups in total. The van der Waals surface area contributed by atoms with Crippen molar-refractivity contribution < 1.29 is 14.7 Å².